The van der Waals surface area contributed by atoms with Crippen LogP contribution in [0.3, 0.4) is 0 Å². The van der Waals surface area contributed by atoms with Crippen molar-refractivity contribution in [1.29, 1.82) is 0 Å². The van der Waals surface area contributed by atoms with Crippen LogP contribution in [-0.4, -0.2) is 0 Å². The molecule has 254 valence electrons. The molecule has 1 aromatic heterocycles. The van der Waals surface area contributed by atoms with E-state index in [-0.39, 0.29) is 11.7 Å². The van der Waals surface area contributed by atoms with E-state index in [0.29, 0.717) is 5.92 Å². The Balaban J connectivity index is 1.32. The van der Waals surface area contributed by atoms with Crippen LogP contribution < -0.4 is 15.7 Å². The monoisotopic (exact) mass is 711 g/mol. The van der Waals surface area contributed by atoms with Gasteiger partial charge in [0.1, 0.15) is 11.2 Å². The van der Waals surface area contributed by atoms with Gasteiger partial charge in [-0.25, -0.2) is 5.09 Å². The highest BCUT2D eigenvalue weighted by molar-refractivity contribution is 7.73. The molecule has 52 heavy (non-hydrogen) atoms. The van der Waals surface area contributed by atoms with Crippen LogP contribution in [0.2, 0.25) is 0 Å². The topological polar surface area (TPSA) is 38.3 Å². The van der Waals surface area contributed by atoms with Gasteiger partial charge in [-0.15, -0.1) is 0 Å². The van der Waals surface area contributed by atoms with Crippen molar-refractivity contribution in [2.45, 2.75) is 31.0 Å². The van der Waals surface area contributed by atoms with Crippen LogP contribution in [0.15, 0.2) is 184 Å². The van der Waals surface area contributed by atoms with E-state index in [1.54, 1.807) is 0 Å². The first-order valence-electron chi connectivity index (χ1n) is 18.0. The molecular weight excluding hydrogens is 672 g/mol. The number of fused-ring (bicyclic) bond motifs is 7. The molecule has 1 aliphatic carbocycles. The zero-order chi connectivity index (χ0) is 34.9. The third-order valence-corrected chi connectivity index (χ3v) is 14.3. The summed E-state index contributed by atoms with van der Waals surface area (Å²) >= 11 is 0. The maximum absolute atomic E-state index is 7.15. The predicted molar refractivity (Wildman–Crippen MR) is 223 cm³/mol. The molecule has 9 rings (SSSR count). The molecule has 8 aromatic rings. The predicted octanol–water partition coefficient (Wildman–Crippen LogP) is 13.1. The van der Waals surface area contributed by atoms with E-state index in [1.165, 1.54) is 43.6 Å². The lowest BCUT2D eigenvalue weighted by molar-refractivity contribution is 0.630. The van der Waals surface area contributed by atoms with Gasteiger partial charge >= 0.3 is 8.16 Å². The Morgan fingerprint density at radius 2 is 1.15 bits per heavy atom. The Morgan fingerprint density at radius 1 is 0.596 bits per heavy atom. The van der Waals surface area contributed by atoms with E-state index >= 15 is 0 Å². The first kappa shape index (κ1) is 32.7. The smallest absolute Gasteiger partial charge is 0.307 e. The van der Waals surface area contributed by atoms with Crippen LogP contribution >= 0.6 is 16.1 Å². The molecule has 3 nitrogen and oxygen atoms in total. The van der Waals surface area contributed by atoms with Crippen molar-refractivity contribution >= 4 is 65.5 Å². The molecule has 4 atom stereocenters. The Labute approximate surface area is 307 Å². The molecule has 2 unspecified atom stereocenters. The van der Waals surface area contributed by atoms with Crippen molar-refractivity contribution in [3.05, 3.63) is 198 Å². The average molecular weight is 712 g/mol. The molecule has 5 heteroatoms. The fourth-order valence-corrected chi connectivity index (χ4v) is 12.3. The maximum atomic E-state index is 7.15. The molecule has 0 aliphatic heterocycles. The second-order valence-corrected chi connectivity index (χ2v) is 17.0. The second kappa shape index (κ2) is 14.5. The number of hydrogen-bond acceptors (Lipinski definition) is 3. The summed E-state index contributed by atoms with van der Waals surface area (Å²) in [4.78, 5) is 0. The molecule has 1 N–H and O–H groups in total. The summed E-state index contributed by atoms with van der Waals surface area (Å²) < 4.78 is 14.3. The van der Waals surface area contributed by atoms with Gasteiger partial charge < -0.3 is 8.39 Å². The van der Waals surface area contributed by atoms with Crippen LogP contribution in [0.4, 0.5) is 0 Å². The van der Waals surface area contributed by atoms with E-state index in [0.717, 1.165) is 28.4 Å². The fourth-order valence-electron chi connectivity index (χ4n) is 7.87. The van der Waals surface area contributed by atoms with Crippen LogP contribution in [0.5, 0.6) is 0 Å². The quantitative estimate of drug-likeness (QED) is 0.160. The van der Waals surface area contributed by atoms with Crippen molar-refractivity contribution in [1.82, 2.24) is 0 Å². The lowest BCUT2D eigenvalue weighted by atomic mass is 9.84. The van der Waals surface area contributed by atoms with Gasteiger partial charge in [0.25, 0.3) is 0 Å². The minimum atomic E-state index is -1.66. The maximum Gasteiger partial charge on any atom is 0.307 e. The Hall–Kier alpha value is -5.17. The average Bonchev–Trinajstić information content (AvgIpc) is 3.37. The summed E-state index contributed by atoms with van der Waals surface area (Å²) in [5.41, 5.74) is 6.81. The molecule has 7 aromatic carbocycles. The van der Waals surface area contributed by atoms with Gasteiger partial charge in [0.15, 0.2) is 0 Å². The number of nitrogens with one attached hydrogen (secondary N) is 1. The number of allylic oxidation sites excluding steroid dienone is 1. The minimum absolute atomic E-state index is 0.0468. The van der Waals surface area contributed by atoms with Crippen molar-refractivity contribution in [2.24, 2.45) is 0 Å². The third-order valence-electron chi connectivity index (χ3n) is 10.2. The summed E-state index contributed by atoms with van der Waals surface area (Å²) in [7, 11) is -2.56. The standard InChI is InChI=1S/C47H39NO2P2/c1-33-17-16-23-35-30-32-42-45(43(33)35)44-40-28-15-14-18-34(40)29-31-41(44)49-52(50-42)48-46(36-19-6-2-7-20-36)47(37-21-8-3-9-22-37)51(38-24-10-4-11-25-38)39-26-12-5-13-27-39/h2-16,18-33,46-48H,17H2,1H3/t33?,46-,47-,52?/m0/s1. The summed E-state index contributed by atoms with van der Waals surface area (Å²) in [6.45, 7) is 2.32. The van der Waals surface area contributed by atoms with E-state index in [2.05, 4.69) is 194 Å². The van der Waals surface area contributed by atoms with Gasteiger partial charge in [0.2, 0.25) is 0 Å². The molecule has 0 amide bonds. The molecule has 0 fully saturated rings. The Kier molecular flexibility index (Phi) is 9.09. The van der Waals surface area contributed by atoms with E-state index < -0.39 is 16.1 Å². The van der Waals surface area contributed by atoms with Gasteiger partial charge in [0, 0.05) is 16.4 Å². The first-order chi connectivity index (χ1) is 25.7. The SMILES string of the molecule is CC1CC=Cc2ccc3op(N[C@@H](c4ccccc4)[C@H](c4ccccc4)P(c4ccccc4)c4ccccc4)oc4ccc5ccccc5c4c3c21. The largest absolute Gasteiger partial charge is 0.408 e. The van der Waals surface area contributed by atoms with Crippen molar-refractivity contribution in [3.63, 3.8) is 0 Å². The van der Waals surface area contributed by atoms with Crippen LogP contribution in [0.25, 0.3) is 38.8 Å². The zero-order valence-corrected chi connectivity index (χ0v) is 30.8. The number of rotatable bonds is 8. The summed E-state index contributed by atoms with van der Waals surface area (Å²) in [6.07, 6.45) is 5.55. The molecule has 1 aliphatic rings. The highest BCUT2D eigenvalue weighted by Gasteiger charge is 2.35. The molecule has 1 heterocycles. The lowest BCUT2D eigenvalue weighted by Gasteiger charge is -2.35. The first-order valence-corrected chi connectivity index (χ1v) is 20.6. The molecule has 0 saturated heterocycles. The van der Waals surface area contributed by atoms with Crippen molar-refractivity contribution < 1.29 is 8.39 Å². The van der Waals surface area contributed by atoms with E-state index in [1.807, 2.05) is 0 Å². The number of benzene rings is 7. The summed E-state index contributed by atoms with van der Waals surface area (Å²) in [5, 5.41) is 11.4. The third kappa shape index (κ3) is 6.20. The van der Waals surface area contributed by atoms with Crippen molar-refractivity contribution in [3.8, 4) is 0 Å². The molecule has 0 spiro atoms. The zero-order valence-electron chi connectivity index (χ0n) is 29.0. The van der Waals surface area contributed by atoms with Crippen LogP contribution in [-0.2, 0) is 0 Å². The van der Waals surface area contributed by atoms with Gasteiger partial charge in [-0.1, -0.05) is 177 Å². The molecule has 0 bridgehead atoms. The van der Waals surface area contributed by atoms with Crippen molar-refractivity contribution in [2.75, 3.05) is 5.09 Å². The Bertz CT molecular complexity index is 2510. The van der Waals surface area contributed by atoms with Gasteiger partial charge in [0.05, 0.1) is 6.04 Å². The normalized spacial score (nSPS) is 15.5. The molecule has 0 saturated carbocycles. The van der Waals surface area contributed by atoms with E-state index in [4.69, 9.17) is 8.39 Å². The van der Waals surface area contributed by atoms with Gasteiger partial charge in [-0.2, -0.15) is 0 Å². The van der Waals surface area contributed by atoms with Crippen LogP contribution in [0.1, 0.15) is 53.2 Å². The second-order valence-electron chi connectivity index (χ2n) is 13.5. The minimum Gasteiger partial charge on any atom is -0.408 e. The highest BCUT2D eigenvalue weighted by Crippen LogP contribution is 2.57. The van der Waals surface area contributed by atoms with Crippen LogP contribution in [0, 0.1) is 0 Å². The highest BCUT2D eigenvalue weighted by atomic mass is 31.1. The fraction of sp³-hybridized carbons (Fsp3) is 0.106. The summed E-state index contributed by atoms with van der Waals surface area (Å²) in [6, 6.07) is 61.0. The van der Waals surface area contributed by atoms with E-state index in [9.17, 15) is 0 Å². The molecular formula is C47H39NO2P2. The van der Waals surface area contributed by atoms with Gasteiger partial charge in [-0.3, -0.25) is 0 Å². The van der Waals surface area contributed by atoms with Gasteiger partial charge in [-0.05, 0) is 76.0 Å². The molecule has 0 radical (unpaired) electrons. The number of hydrogen-bond donors (Lipinski definition) is 1. The summed E-state index contributed by atoms with van der Waals surface area (Å²) in [5.74, 6) is 0.350. The lowest BCUT2D eigenvalue weighted by Crippen LogP contribution is -2.25. The Morgan fingerprint density at radius 3 is 1.83 bits per heavy atom.